The van der Waals surface area contributed by atoms with E-state index in [1.807, 2.05) is 51.1 Å². The molecule has 0 fully saturated rings. The molecule has 0 aliphatic carbocycles. The second kappa shape index (κ2) is 7.70. The Morgan fingerprint density at radius 3 is 2.68 bits per heavy atom. The number of hydrazone groups is 1. The van der Waals surface area contributed by atoms with Gasteiger partial charge in [0.15, 0.2) is 11.5 Å². The molecule has 2 aromatic carbocycles. The third-order valence-electron chi connectivity index (χ3n) is 3.59. The highest BCUT2D eigenvalue weighted by molar-refractivity contribution is 5.82. The third kappa shape index (κ3) is 4.09. The molecule has 0 bridgehead atoms. The van der Waals surface area contributed by atoms with Gasteiger partial charge in [0.2, 0.25) is 5.95 Å². The minimum Gasteiger partial charge on any atom is -0.490 e. The highest BCUT2D eigenvalue weighted by Crippen LogP contribution is 2.28. The maximum absolute atomic E-state index is 5.62. The van der Waals surface area contributed by atoms with E-state index >= 15 is 0 Å². The molecule has 3 aromatic rings. The average molecular weight is 338 g/mol. The lowest BCUT2D eigenvalue weighted by atomic mass is 10.2. The van der Waals surface area contributed by atoms with Gasteiger partial charge in [-0.3, -0.25) is 0 Å². The van der Waals surface area contributed by atoms with E-state index in [0.29, 0.717) is 24.9 Å². The third-order valence-corrected chi connectivity index (χ3v) is 3.59. The van der Waals surface area contributed by atoms with Crippen molar-refractivity contribution < 1.29 is 9.47 Å². The zero-order valence-electron chi connectivity index (χ0n) is 14.7. The zero-order valence-corrected chi connectivity index (χ0v) is 14.7. The van der Waals surface area contributed by atoms with Crippen molar-refractivity contribution in [2.45, 2.75) is 20.8 Å². The van der Waals surface area contributed by atoms with Crippen LogP contribution in [0.5, 0.6) is 11.5 Å². The number of benzene rings is 2. The van der Waals surface area contributed by atoms with Crippen LogP contribution >= 0.6 is 0 Å². The number of rotatable bonds is 7. The van der Waals surface area contributed by atoms with E-state index in [0.717, 1.165) is 22.3 Å². The molecule has 0 unspecified atom stereocenters. The molecule has 0 saturated heterocycles. The van der Waals surface area contributed by atoms with Crippen LogP contribution in [0.4, 0.5) is 5.95 Å². The van der Waals surface area contributed by atoms with Crippen LogP contribution in [0.3, 0.4) is 0 Å². The van der Waals surface area contributed by atoms with Gasteiger partial charge in [-0.15, -0.1) is 0 Å². The van der Waals surface area contributed by atoms with E-state index < -0.39 is 0 Å². The number of fused-ring (bicyclic) bond motifs is 1. The lowest BCUT2D eigenvalue weighted by Gasteiger charge is -2.11. The van der Waals surface area contributed by atoms with Crippen LogP contribution in [0.15, 0.2) is 41.5 Å². The number of anilines is 1. The molecule has 1 aromatic heterocycles. The molecule has 0 amide bonds. The van der Waals surface area contributed by atoms with Gasteiger partial charge in [0.05, 0.1) is 30.5 Å². The van der Waals surface area contributed by atoms with Crippen molar-refractivity contribution in [1.82, 2.24) is 9.97 Å². The summed E-state index contributed by atoms with van der Waals surface area (Å²) in [7, 11) is 0. The Kier molecular flexibility index (Phi) is 5.18. The number of nitrogens with one attached hydrogen (secondary N) is 2. The first-order chi connectivity index (χ1) is 12.2. The van der Waals surface area contributed by atoms with E-state index in [2.05, 4.69) is 26.6 Å². The Hall–Kier alpha value is -3.02. The molecule has 130 valence electrons. The average Bonchev–Trinajstić information content (AvgIpc) is 2.99. The van der Waals surface area contributed by atoms with Gasteiger partial charge in [-0.1, -0.05) is 6.07 Å². The van der Waals surface area contributed by atoms with Gasteiger partial charge in [-0.25, -0.2) is 10.4 Å². The normalized spacial score (nSPS) is 11.2. The highest BCUT2D eigenvalue weighted by Gasteiger charge is 2.05. The topological polar surface area (TPSA) is 71.5 Å². The lowest BCUT2D eigenvalue weighted by molar-refractivity contribution is 0.288. The fourth-order valence-electron chi connectivity index (χ4n) is 2.49. The largest absolute Gasteiger partial charge is 0.490 e. The number of nitrogens with zero attached hydrogens (tertiary/aromatic N) is 2. The molecule has 0 spiro atoms. The molecule has 6 nitrogen and oxygen atoms in total. The summed E-state index contributed by atoms with van der Waals surface area (Å²) >= 11 is 0. The van der Waals surface area contributed by atoms with Gasteiger partial charge < -0.3 is 14.5 Å². The van der Waals surface area contributed by atoms with Crippen molar-refractivity contribution >= 4 is 23.2 Å². The van der Waals surface area contributed by atoms with Gasteiger partial charge in [-0.2, -0.15) is 5.10 Å². The van der Waals surface area contributed by atoms with Gasteiger partial charge >= 0.3 is 0 Å². The minimum absolute atomic E-state index is 0.581. The van der Waals surface area contributed by atoms with Gasteiger partial charge in [0, 0.05) is 0 Å². The van der Waals surface area contributed by atoms with Crippen molar-refractivity contribution in [3.8, 4) is 11.5 Å². The van der Waals surface area contributed by atoms with E-state index in [1.54, 1.807) is 6.21 Å². The van der Waals surface area contributed by atoms with Crippen LogP contribution in [0.2, 0.25) is 0 Å². The summed E-state index contributed by atoms with van der Waals surface area (Å²) in [6, 6.07) is 11.8. The van der Waals surface area contributed by atoms with Gasteiger partial charge in [0.25, 0.3) is 0 Å². The number of aromatic nitrogens is 2. The second-order valence-electron chi connectivity index (χ2n) is 5.55. The fraction of sp³-hybridized carbons (Fsp3) is 0.263. The second-order valence-corrected chi connectivity index (χ2v) is 5.55. The lowest BCUT2D eigenvalue weighted by Crippen LogP contribution is -1.99. The smallest absolute Gasteiger partial charge is 0.222 e. The summed E-state index contributed by atoms with van der Waals surface area (Å²) in [5.74, 6) is 2.06. The summed E-state index contributed by atoms with van der Waals surface area (Å²) in [4.78, 5) is 7.64. The molecular formula is C19H22N4O2. The predicted molar refractivity (Wildman–Crippen MR) is 101 cm³/mol. The summed E-state index contributed by atoms with van der Waals surface area (Å²) in [6.45, 7) is 7.12. The van der Waals surface area contributed by atoms with Crippen LogP contribution in [-0.2, 0) is 0 Å². The quantitative estimate of drug-likeness (QED) is 0.502. The first kappa shape index (κ1) is 16.8. The first-order valence-electron chi connectivity index (χ1n) is 8.34. The highest BCUT2D eigenvalue weighted by atomic mass is 16.5. The van der Waals surface area contributed by atoms with Gasteiger partial charge in [0.1, 0.15) is 0 Å². The number of aromatic amines is 1. The van der Waals surface area contributed by atoms with E-state index in [1.165, 1.54) is 5.56 Å². The van der Waals surface area contributed by atoms with E-state index in [9.17, 15) is 0 Å². The maximum Gasteiger partial charge on any atom is 0.222 e. The summed E-state index contributed by atoms with van der Waals surface area (Å²) in [5.41, 5.74) is 6.91. The Morgan fingerprint density at radius 1 is 1.08 bits per heavy atom. The maximum atomic E-state index is 5.62. The number of ether oxygens (including phenoxy) is 2. The van der Waals surface area contributed by atoms with Crippen LogP contribution in [0.1, 0.15) is 25.0 Å². The van der Waals surface area contributed by atoms with Gasteiger partial charge in [-0.05, 0) is 62.2 Å². The number of imidazole rings is 1. The summed E-state index contributed by atoms with van der Waals surface area (Å²) in [5, 5.41) is 4.24. The standard InChI is InChI=1S/C19H22N4O2/c1-4-24-17-9-7-14(11-18(17)25-5-2)12-20-23-19-21-15-8-6-13(3)10-16(15)22-19/h6-12H,4-5H2,1-3H3,(H2,21,22,23)/b20-12-. The monoisotopic (exact) mass is 338 g/mol. The Labute approximate surface area is 146 Å². The van der Waals surface area contributed by atoms with Crippen molar-refractivity contribution in [3.05, 3.63) is 47.5 Å². The molecule has 3 rings (SSSR count). The number of hydrogen-bond acceptors (Lipinski definition) is 5. The fourth-order valence-corrected chi connectivity index (χ4v) is 2.49. The van der Waals surface area contributed by atoms with Crippen molar-refractivity contribution in [3.63, 3.8) is 0 Å². The molecule has 1 heterocycles. The Morgan fingerprint density at radius 2 is 1.88 bits per heavy atom. The van der Waals surface area contributed by atoms with E-state index in [-0.39, 0.29) is 0 Å². The molecule has 0 aliphatic heterocycles. The molecule has 25 heavy (non-hydrogen) atoms. The molecular weight excluding hydrogens is 316 g/mol. The van der Waals surface area contributed by atoms with E-state index in [4.69, 9.17) is 9.47 Å². The van der Waals surface area contributed by atoms with Crippen LogP contribution in [0.25, 0.3) is 11.0 Å². The predicted octanol–water partition coefficient (Wildman–Crippen LogP) is 4.11. The SMILES string of the molecule is CCOc1ccc(/C=N\Nc2nc3ccc(C)cc3[nH]2)cc1OCC. The molecule has 0 atom stereocenters. The Bertz CT molecular complexity index is 886. The van der Waals surface area contributed by atoms with Crippen LogP contribution < -0.4 is 14.9 Å². The Balaban J connectivity index is 1.73. The summed E-state index contributed by atoms with van der Waals surface area (Å²) in [6.07, 6.45) is 1.72. The molecule has 6 heteroatoms. The first-order valence-corrected chi connectivity index (χ1v) is 8.34. The zero-order chi connectivity index (χ0) is 17.6. The molecule has 2 N–H and O–H groups in total. The van der Waals surface area contributed by atoms with Crippen molar-refractivity contribution in [2.24, 2.45) is 5.10 Å². The van der Waals surface area contributed by atoms with Crippen LogP contribution in [0, 0.1) is 6.92 Å². The molecule has 0 radical (unpaired) electrons. The number of aryl methyl sites for hydroxylation is 1. The summed E-state index contributed by atoms with van der Waals surface area (Å²) < 4.78 is 11.2. The van der Waals surface area contributed by atoms with Crippen molar-refractivity contribution in [1.29, 1.82) is 0 Å². The number of hydrogen-bond donors (Lipinski definition) is 2. The van der Waals surface area contributed by atoms with Crippen LogP contribution in [-0.4, -0.2) is 29.4 Å². The minimum atomic E-state index is 0.581. The molecule has 0 aliphatic rings. The van der Waals surface area contributed by atoms with Crippen molar-refractivity contribution in [2.75, 3.05) is 18.6 Å². The number of H-pyrrole nitrogens is 1. The molecule has 0 saturated carbocycles.